The number of rotatable bonds is 1. The van der Waals surface area contributed by atoms with Crippen molar-refractivity contribution in [2.24, 2.45) is 0 Å². The van der Waals surface area contributed by atoms with Crippen LogP contribution in [0.3, 0.4) is 0 Å². The Morgan fingerprint density at radius 1 is 1.14 bits per heavy atom. The van der Waals surface area contributed by atoms with Gasteiger partial charge in [-0.3, -0.25) is 4.98 Å². The normalized spacial score (nSPS) is 10.1. The van der Waals surface area contributed by atoms with Gasteiger partial charge in [-0.25, -0.2) is 9.97 Å². The molecule has 14 heavy (non-hydrogen) atoms. The molecule has 0 aliphatic heterocycles. The lowest BCUT2D eigenvalue weighted by Crippen LogP contribution is -1.92. The van der Waals surface area contributed by atoms with Gasteiger partial charge < -0.3 is 0 Å². The van der Waals surface area contributed by atoms with Crippen LogP contribution < -0.4 is 0 Å². The number of hydrogen-bond donors (Lipinski definition) is 0. The number of aromatic nitrogens is 3. The zero-order valence-electron chi connectivity index (χ0n) is 7.61. The molecular formula is C10H8BrN3. The maximum absolute atomic E-state index is 4.25. The Bertz CT molecular complexity index is 422. The van der Waals surface area contributed by atoms with Crippen molar-refractivity contribution in [3.8, 4) is 11.4 Å². The fourth-order valence-corrected chi connectivity index (χ4v) is 1.65. The minimum atomic E-state index is 0.596. The molecule has 2 heterocycles. The van der Waals surface area contributed by atoms with Crippen molar-refractivity contribution in [3.05, 3.63) is 40.9 Å². The molecule has 4 heteroatoms. The highest BCUT2D eigenvalue weighted by molar-refractivity contribution is 9.10. The Morgan fingerprint density at radius 2 is 2.00 bits per heavy atom. The van der Waals surface area contributed by atoms with Crippen LogP contribution >= 0.6 is 15.9 Å². The molecule has 0 unspecified atom stereocenters. The molecule has 0 amide bonds. The third kappa shape index (κ3) is 1.96. The molecule has 2 aromatic rings. The number of nitrogens with zero attached hydrogens (tertiary/aromatic N) is 3. The summed E-state index contributed by atoms with van der Waals surface area (Å²) in [5.41, 5.74) is 2.62. The molecule has 70 valence electrons. The fraction of sp³-hybridized carbons (Fsp3) is 0.100. The van der Waals surface area contributed by atoms with E-state index in [9.17, 15) is 0 Å². The highest BCUT2D eigenvalue weighted by Crippen LogP contribution is 2.16. The predicted molar refractivity (Wildman–Crippen MR) is 57.7 cm³/mol. The van der Waals surface area contributed by atoms with Gasteiger partial charge in [0.15, 0.2) is 4.73 Å². The van der Waals surface area contributed by atoms with Gasteiger partial charge >= 0.3 is 0 Å². The summed E-state index contributed by atoms with van der Waals surface area (Å²) >= 11 is 3.26. The fourth-order valence-electron chi connectivity index (χ4n) is 1.18. The van der Waals surface area contributed by atoms with Gasteiger partial charge in [-0.05, 0) is 41.1 Å². The second-order valence-corrected chi connectivity index (χ2v) is 3.59. The van der Waals surface area contributed by atoms with Crippen LogP contribution in [0.5, 0.6) is 0 Å². The third-order valence-electron chi connectivity index (χ3n) is 1.75. The lowest BCUT2D eigenvalue weighted by molar-refractivity contribution is 1.05. The molecule has 0 bridgehead atoms. The van der Waals surface area contributed by atoms with Gasteiger partial charge in [0.1, 0.15) is 0 Å². The first-order valence-corrected chi connectivity index (χ1v) is 4.97. The molecule has 0 aliphatic carbocycles. The van der Waals surface area contributed by atoms with Crippen LogP contribution in [0.15, 0.2) is 35.2 Å². The summed E-state index contributed by atoms with van der Waals surface area (Å²) < 4.78 is 0.596. The summed E-state index contributed by atoms with van der Waals surface area (Å²) in [6, 6.07) is 7.65. The van der Waals surface area contributed by atoms with E-state index in [4.69, 9.17) is 0 Å². The Morgan fingerprint density at radius 3 is 2.64 bits per heavy atom. The quantitative estimate of drug-likeness (QED) is 0.730. The van der Waals surface area contributed by atoms with Gasteiger partial charge in [-0.15, -0.1) is 0 Å². The van der Waals surface area contributed by atoms with E-state index in [1.54, 1.807) is 6.20 Å². The number of hydrogen-bond acceptors (Lipinski definition) is 3. The topological polar surface area (TPSA) is 38.7 Å². The van der Waals surface area contributed by atoms with E-state index < -0.39 is 0 Å². The van der Waals surface area contributed by atoms with Crippen LogP contribution in [0, 0.1) is 6.92 Å². The predicted octanol–water partition coefficient (Wildman–Crippen LogP) is 2.61. The van der Waals surface area contributed by atoms with Crippen molar-refractivity contribution < 1.29 is 0 Å². The van der Waals surface area contributed by atoms with Crippen LogP contribution in [0.2, 0.25) is 0 Å². The Balaban J connectivity index is 2.52. The maximum Gasteiger partial charge on any atom is 0.197 e. The molecule has 0 spiro atoms. The lowest BCUT2D eigenvalue weighted by atomic mass is 10.2. The maximum atomic E-state index is 4.25. The van der Waals surface area contributed by atoms with Crippen LogP contribution in [0.4, 0.5) is 0 Å². The van der Waals surface area contributed by atoms with Gasteiger partial charge in [0, 0.05) is 11.9 Å². The van der Waals surface area contributed by atoms with E-state index in [1.807, 2.05) is 31.2 Å². The van der Waals surface area contributed by atoms with Crippen molar-refractivity contribution in [2.75, 3.05) is 0 Å². The number of pyridine rings is 1. The van der Waals surface area contributed by atoms with Crippen LogP contribution in [-0.4, -0.2) is 15.0 Å². The van der Waals surface area contributed by atoms with Crippen LogP contribution in [-0.2, 0) is 0 Å². The molecule has 0 aliphatic rings. The van der Waals surface area contributed by atoms with Crippen molar-refractivity contribution in [3.63, 3.8) is 0 Å². The molecule has 0 saturated heterocycles. The number of halogens is 1. The first-order chi connectivity index (χ1) is 6.75. The zero-order valence-corrected chi connectivity index (χ0v) is 9.19. The van der Waals surface area contributed by atoms with Gasteiger partial charge in [-0.1, -0.05) is 6.07 Å². The minimum Gasteiger partial charge on any atom is -0.255 e. The smallest absolute Gasteiger partial charge is 0.197 e. The van der Waals surface area contributed by atoms with Crippen molar-refractivity contribution in [2.45, 2.75) is 6.92 Å². The monoisotopic (exact) mass is 249 g/mol. The molecule has 0 atom stereocenters. The molecule has 2 aromatic heterocycles. The van der Waals surface area contributed by atoms with Crippen molar-refractivity contribution in [1.29, 1.82) is 0 Å². The number of aryl methyl sites for hydroxylation is 1. The molecule has 0 radical (unpaired) electrons. The molecule has 0 N–H and O–H groups in total. The van der Waals surface area contributed by atoms with E-state index in [0.717, 1.165) is 17.1 Å². The van der Waals surface area contributed by atoms with E-state index in [1.165, 1.54) is 0 Å². The second kappa shape index (κ2) is 3.84. The van der Waals surface area contributed by atoms with Gasteiger partial charge in [-0.2, -0.15) is 0 Å². The minimum absolute atomic E-state index is 0.596. The van der Waals surface area contributed by atoms with E-state index >= 15 is 0 Å². The average Bonchev–Trinajstić information content (AvgIpc) is 2.18. The highest BCUT2D eigenvalue weighted by Gasteiger charge is 2.02. The van der Waals surface area contributed by atoms with Crippen molar-refractivity contribution >= 4 is 15.9 Å². The molecule has 2 rings (SSSR count). The lowest BCUT2D eigenvalue weighted by Gasteiger charge is -2.00. The summed E-state index contributed by atoms with van der Waals surface area (Å²) in [6.45, 7) is 1.93. The van der Waals surface area contributed by atoms with Gasteiger partial charge in [0.2, 0.25) is 0 Å². The Labute approximate surface area is 90.4 Å². The molecule has 3 nitrogen and oxygen atoms in total. The van der Waals surface area contributed by atoms with E-state index in [0.29, 0.717) is 4.73 Å². The summed E-state index contributed by atoms with van der Waals surface area (Å²) in [5, 5.41) is 0. The summed E-state index contributed by atoms with van der Waals surface area (Å²) in [7, 11) is 0. The largest absolute Gasteiger partial charge is 0.255 e. The molecular weight excluding hydrogens is 242 g/mol. The Hall–Kier alpha value is -1.29. The Kier molecular flexibility index (Phi) is 2.54. The van der Waals surface area contributed by atoms with Crippen LogP contribution in [0.1, 0.15) is 5.69 Å². The van der Waals surface area contributed by atoms with E-state index in [-0.39, 0.29) is 0 Å². The summed E-state index contributed by atoms with van der Waals surface area (Å²) in [6.07, 6.45) is 1.75. The average molecular weight is 250 g/mol. The van der Waals surface area contributed by atoms with Crippen LogP contribution in [0.25, 0.3) is 11.4 Å². The van der Waals surface area contributed by atoms with Gasteiger partial charge in [0.25, 0.3) is 0 Å². The third-order valence-corrected chi connectivity index (χ3v) is 2.11. The SMILES string of the molecule is Cc1cc(-c2ccccn2)nc(Br)n1. The summed E-state index contributed by atoms with van der Waals surface area (Å²) in [4.78, 5) is 12.6. The first-order valence-electron chi connectivity index (χ1n) is 4.18. The molecule has 0 saturated carbocycles. The van der Waals surface area contributed by atoms with Gasteiger partial charge in [0.05, 0.1) is 11.4 Å². The summed E-state index contributed by atoms with van der Waals surface area (Å²) in [5.74, 6) is 0. The zero-order chi connectivity index (χ0) is 9.97. The van der Waals surface area contributed by atoms with Crippen molar-refractivity contribution in [1.82, 2.24) is 15.0 Å². The second-order valence-electron chi connectivity index (χ2n) is 2.88. The van der Waals surface area contributed by atoms with E-state index in [2.05, 4.69) is 30.9 Å². The standard InChI is InChI=1S/C10H8BrN3/c1-7-6-9(14-10(11)13-7)8-4-2-3-5-12-8/h2-6H,1H3. The first kappa shape index (κ1) is 9.27. The molecule has 0 aromatic carbocycles. The highest BCUT2D eigenvalue weighted by atomic mass is 79.9. The molecule has 0 fully saturated rings.